The minimum Gasteiger partial charge on any atom is -0.369 e. The summed E-state index contributed by atoms with van der Waals surface area (Å²) in [6, 6.07) is 5.55. The van der Waals surface area contributed by atoms with Crippen LogP contribution in [0.4, 0.5) is 5.13 Å². The quantitative estimate of drug-likeness (QED) is 0.906. The Labute approximate surface area is 114 Å². The maximum atomic E-state index is 11.2. The molecule has 1 amide bonds. The Morgan fingerprint density at radius 1 is 1.56 bits per heavy atom. The molecule has 0 aliphatic rings. The third kappa shape index (κ3) is 2.73. The van der Waals surface area contributed by atoms with Crippen LogP contribution in [0.2, 0.25) is 5.02 Å². The van der Waals surface area contributed by atoms with Gasteiger partial charge in [-0.2, -0.15) is 0 Å². The number of hydrogen-bond acceptors (Lipinski definition) is 4. The third-order valence-corrected chi connectivity index (χ3v) is 3.91. The second-order valence-corrected chi connectivity index (χ2v) is 6.20. The molecule has 0 radical (unpaired) electrons. The first-order valence-corrected chi connectivity index (χ1v) is 6.68. The minimum atomic E-state index is -0.602. The second kappa shape index (κ2) is 4.74. The van der Waals surface area contributed by atoms with Gasteiger partial charge in [-0.1, -0.05) is 22.9 Å². The average Bonchev–Trinajstić information content (AvgIpc) is 2.68. The van der Waals surface area contributed by atoms with Gasteiger partial charge in [-0.05, 0) is 32.0 Å². The van der Waals surface area contributed by atoms with Gasteiger partial charge in [-0.25, -0.2) is 4.98 Å². The molecule has 0 aliphatic carbocycles. The molecule has 0 atom stereocenters. The van der Waals surface area contributed by atoms with E-state index in [2.05, 4.69) is 10.3 Å². The van der Waals surface area contributed by atoms with Crippen molar-refractivity contribution in [1.29, 1.82) is 0 Å². The summed E-state index contributed by atoms with van der Waals surface area (Å²) < 4.78 is 1.02. The van der Waals surface area contributed by atoms with Crippen molar-refractivity contribution in [3.63, 3.8) is 0 Å². The lowest BCUT2D eigenvalue weighted by molar-refractivity contribution is -0.125. The molecule has 18 heavy (non-hydrogen) atoms. The zero-order valence-corrected chi connectivity index (χ0v) is 11.7. The van der Waals surface area contributed by atoms with Crippen LogP contribution in [0.1, 0.15) is 13.8 Å². The summed E-state index contributed by atoms with van der Waals surface area (Å²) in [5, 5.41) is 4.59. The lowest BCUT2D eigenvalue weighted by Crippen LogP contribution is -2.37. The summed E-state index contributed by atoms with van der Waals surface area (Å²) in [4.78, 5) is 15.6. The molecular formula is C12H14ClN3OS. The summed E-state index contributed by atoms with van der Waals surface area (Å²) in [6.07, 6.45) is 0. The Hall–Kier alpha value is -1.33. The molecule has 0 bridgehead atoms. The number of thiazole rings is 1. The van der Waals surface area contributed by atoms with Gasteiger partial charge in [0.15, 0.2) is 5.13 Å². The summed E-state index contributed by atoms with van der Waals surface area (Å²) in [7, 11) is 0. The summed E-state index contributed by atoms with van der Waals surface area (Å²) in [5.41, 5.74) is 5.61. The number of hydrogen-bond donors (Lipinski definition) is 2. The number of halogens is 1. The normalized spacial score (nSPS) is 11.7. The molecule has 2 rings (SSSR count). The first-order chi connectivity index (χ1) is 8.38. The van der Waals surface area contributed by atoms with E-state index >= 15 is 0 Å². The largest absolute Gasteiger partial charge is 0.369 e. The van der Waals surface area contributed by atoms with E-state index in [1.807, 2.05) is 12.1 Å². The fourth-order valence-electron chi connectivity index (χ4n) is 1.36. The summed E-state index contributed by atoms with van der Waals surface area (Å²) >= 11 is 7.42. The van der Waals surface area contributed by atoms with E-state index in [9.17, 15) is 4.79 Å². The standard InChI is InChI=1S/C12H14ClN3OS/c1-12(2,10(14)17)6-15-11-16-8-4-3-7(13)5-9(8)18-11/h3-5H,6H2,1-2H3,(H2,14,17)(H,15,16). The molecule has 1 aromatic carbocycles. The zero-order chi connectivity index (χ0) is 13.3. The highest BCUT2D eigenvalue weighted by Crippen LogP contribution is 2.29. The Morgan fingerprint density at radius 3 is 2.94 bits per heavy atom. The van der Waals surface area contributed by atoms with E-state index in [1.54, 1.807) is 19.9 Å². The SMILES string of the molecule is CC(C)(CNc1nc2ccc(Cl)cc2s1)C(N)=O. The molecule has 0 saturated carbocycles. The van der Waals surface area contributed by atoms with Crippen molar-refractivity contribution in [1.82, 2.24) is 4.98 Å². The van der Waals surface area contributed by atoms with Crippen LogP contribution in [-0.2, 0) is 4.79 Å². The van der Waals surface area contributed by atoms with Crippen molar-refractivity contribution in [3.8, 4) is 0 Å². The third-order valence-electron chi connectivity index (χ3n) is 2.70. The van der Waals surface area contributed by atoms with E-state index in [0.717, 1.165) is 15.3 Å². The molecule has 0 aliphatic heterocycles. The number of nitrogens with two attached hydrogens (primary N) is 1. The zero-order valence-electron chi connectivity index (χ0n) is 10.2. The first kappa shape index (κ1) is 13.1. The highest BCUT2D eigenvalue weighted by atomic mass is 35.5. The number of anilines is 1. The predicted molar refractivity (Wildman–Crippen MR) is 76.1 cm³/mol. The number of primary amides is 1. The predicted octanol–water partition coefficient (Wildman–Crippen LogP) is 2.87. The molecule has 2 aromatic rings. The molecular weight excluding hydrogens is 270 g/mol. The van der Waals surface area contributed by atoms with Crippen LogP contribution in [0.15, 0.2) is 18.2 Å². The van der Waals surface area contributed by atoms with Crippen LogP contribution in [0.5, 0.6) is 0 Å². The van der Waals surface area contributed by atoms with Crippen LogP contribution in [0.25, 0.3) is 10.2 Å². The second-order valence-electron chi connectivity index (χ2n) is 4.73. The molecule has 1 heterocycles. The fourth-order valence-corrected chi connectivity index (χ4v) is 2.50. The van der Waals surface area contributed by atoms with E-state index in [4.69, 9.17) is 17.3 Å². The first-order valence-electron chi connectivity index (χ1n) is 5.48. The van der Waals surface area contributed by atoms with Crippen LogP contribution in [-0.4, -0.2) is 17.4 Å². The fraction of sp³-hybridized carbons (Fsp3) is 0.333. The minimum absolute atomic E-state index is 0.334. The molecule has 6 heteroatoms. The van der Waals surface area contributed by atoms with Gasteiger partial charge in [0, 0.05) is 11.6 Å². The number of benzene rings is 1. The Morgan fingerprint density at radius 2 is 2.28 bits per heavy atom. The number of carbonyl (C=O) groups is 1. The van der Waals surface area contributed by atoms with E-state index in [1.165, 1.54) is 11.3 Å². The van der Waals surface area contributed by atoms with Gasteiger partial charge in [-0.3, -0.25) is 4.79 Å². The molecule has 0 saturated heterocycles. The van der Waals surface area contributed by atoms with Crippen LogP contribution < -0.4 is 11.1 Å². The van der Waals surface area contributed by atoms with Gasteiger partial charge in [-0.15, -0.1) is 0 Å². The lowest BCUT2D eigenvalue weighted by atomic mass is 9.93. The van der Waals surface area contributed by atoms with Gasteiger partial charge in [0.05, 0.1) is 15.6 Å². The number of fused-ring (bicyclic) bond motifs is 1. The van der Waals surface area contributed by atoms with Crippen LogP contribution in [0, 0.1) is 5.41 Å². The van der Waals surface area contributed by atoms with Crippen molar-refractivity contribution in [2.45, 2.75) is 13.8 Å². The highest BCUT2D eigenvalue weighted by molar-refractivity contribution is 7.22. The number of aromatic nitrogens is 1. The monoisotopic (exact) mass is 283 g/mol. The molecule has 0 unspecified atom stereocenters. The number of nitrogens with one attached hydrogen (secondary N) is 1. The van der Waals surface area contributed by atoms with Gasteiger partial charge in [0.25, 0.3) is 0 Å². The van der Waals surface area contributed by atoms with Crippen molar-refractivity contribution in [2.24, 2.45) is 11.1 Å². The number of nitrogens with zero attached hydrogens (tertiary/aromatic N) is 1. The van der Waals surface area contributed by atoms with E-state index in [0.29, 0.717) is 11.6 Å². The van der Waals surface area contributed by atoms with E-state index in [-0.39, 0.29) is 5.91 Å². The van der Waals surface area contributed by atoms with Crippen molar-refractivity contribution < 1.29 is 4.79 Å². The summed E-state index contributed by atoms with van der Waals surface area (Å²) in [5.74, 6) is -0.334. The summed E-state index contributed by atoms with van der Waals surface area (Å²) in [6.45, 7) is 4.05. The topological polar surface area (TPSA) is 68.0 Å². The highest BCUT2D eigenvalue weighted by Gasteiger charge is 2.24. The molecule has 0 fully saturated rings. The van der Waals surface area contributed by atoms with Crippen LogP contribution >= 0.6 is 22.9 Å². The van der Waals surface area contributed by atoms with Gasteiger partial charge in [0.1, 0.15) is 0 Å². The lowest BCUT2D eigenvalue weighted by Gasteiger charge is -2.20. The number of amides is 1. The Balaban J connectivity index is 2.15. The van der Waals surface area contributed by atoms with Crippen LogP contribution in [0.3, 0.4) is 0 Å². The Kier molecular flexibility index (Phi) is 3.45. The molecule has 3 N–H and O–H groups in total. The molecule has 1 aromatic heterocycles. The van der Waals surface area contributed by atoms with Crippen molar-refractivity contribution in [2.75, 3.05) is 11.9 Å². The van der Waals surface area contributed by atoms with Gasteiger partial charge in [0.2, 0.25) is 5.91 Å². The van der Waals surface area contributed by atoms with E-state index < -0.39 is 5.41 Å². The maximum Gasteiger partial charge on any atom is 0.224 e. The van der Waals surface area contributed by atoms with Crippen molar-refractivity contribution in [3.05, 3.63) is 23.2 Å². The smallest absolute Gasteiger partial charge is 0.224 e. The van der Waals surface area contributed by atoms with Gasteiger partial charge < -0.3 is 11.1 Å². The number of carbonyl (C=O) groups excluding carboxylic acids is 1. The molecule has 4 nitrogen and oxygen atoms in total. The molecule has 96 valence electrons. The molecule has 0 spiro atoms. The average molecular weight is 284 g/mol. The van der Waals surface area contributed by atoms with Gasteiger partial charge >= 0.3 is 0 Å². The Bertz CT molecular complexity index is 594. The number of rotatable bonds is 4. The maximum absolute atomic E-state index is 11.2. The van der Waals surface area contributed by atoms with Crippen molar-refractivity contribution >= 4 is 44.2 Å².